The normalized spacial score (nSPS) is 17.4. The van der Waals surface area contributed by atoms with Crippen molar-refractivity contribution in [2.24, 2.45) is 0 Å². The average molecular weight is 494 g/mol. The minimum absolute atomic E-state index is 0.316. The Bertz CT molecular complexity index is 1220. The smallest absolute Gasteiger partial charge is 0.264 e. The van der Waals surface area contributed by atoms with Crippen LogP contribution in [0, 0.1) is 13.8 Å². The molecule has 1 heterocycles. The maximum atomic E-state index is 13.6. The number of carbonyl (C=O) groups excluding carboxylic acids is 2. The highest BCUT2D eigenvalue weighted by Gasteiger charge is 2.51. The molecule has 3 aromatic carbocycles. The standard InChI is InChI=1S/C26H24BrNO4/c1-16-7-8-17(2)19(11-16)15-28-23-10-9-20(27)13-22(23)26(31,25(28)30)14-24(29)18-5-4-6-21(12-18)32-3/h4-13,31H,14-15H2,1-3H3/t26-/m0/s1. The molecule has 0 spiro atoms. The molecule has 1 aliphatic rings. The number of hydrogen-bond acceptors (Lipinski definition) is 4. The van der Waals surface area contributed by atoms with E-state index in [9.17, 15) is 14.7 Å². The summed E-state index contributed by atoms with van der Waals surface area (Å²) in [4.78, 5) is 28.2. The first-order valence-electron chi connectivity index (χ1n) is 10.3. The Kier molecular flexibility index (Phi) is 5.93. The largest absolute Gasteiger partial charge is 0.497 e. The Morgan fingerprint density at radius 3 is 2.62 bits per heavy atom. The number of carbonyl (C=O) groups is 2. The Labute approximate surface area is 195 Å². The number of ether oxygens (including phenoxy) is 1. The number of hydrogen-bond donors (Lipinski definition) is 1. The number of benzene rings is 3. The van der Waals surface area contributed by atoms with Crippen LogP contribution in [0.4, 0.5) is 5.69 Å². The number of halogens is 1. The van der Waals surface area contributed by atoms with Gasteiger partial charge in [0.15, 0.2) is 11.4 Å². The summed E-state index contributed by atoms with van der Waals surface area (Å²) in [6, 6.07) is 18.2. The molecule has 1 aliphatic heterocycles. The van der Waals surface area contributed by atoms with Crippen molar-refractivity contribution < 1.29 is 19.4 Å². The average Bonchev–Trinajstić information content (AvgIpc) is 2.97. The fraction of sp³-hybridized carbons (Fsp3) is 0.231. The monoisotopic (exact) mass is 493 g/mol. The third-order valence-electron chi connectivity index (χ3n) is 5.94. The fourth-order valence-corrected chi connectivity index (χ4v) is 4.48. The maximum absolute atomic E-state index is 13.6. The van der Waals surface area contributed by atoms with Crippen molar-refractivity contribution in [2.75, 3.05) is 12.0 Å². The van der Waals surface area contributed by atoms with Gasteiger partial charge in [0.2, 0.25) is 0 Å². The molecule has 0 aliphatic carbocycles. The van der Waals surface area contributed by atoms with Crippen LogP contribution in [0.3, 0.4) is 0 Å². The number of aliphatic hydroxyl groups is 1. The summed E-state index contributed by atoms with van der Waals surface area (Å²) in [5, 5.41) is 11.6. The SMILES string of the molecule is COc1cccc(C(=O)C[C@@]2(O)C(=O)N(Cc3cc(C)ccc3C)c3ccc(Br)cc32)c1. The number of amides is 1. The second kappa shape index (κ2) is 8.52. The number of fused-ring (bicyclic) bond motifs is 1. The highest BCUT2D eigenvalue weighted by atomic mass is 79.9. The van der Waals surface area contributed by atoms with Gasteiger partial charge in [-0.3, -0.25) is 9.59 Å². The second-order valence-electron chi connectivity index (χ2n) is 8.17. The molecule has 0 fully saturated rings. The van der Waals surface area contributed by atoms with Crippen molar-refractivity contribution >= 4 is 33.3 Å². The molecule has 5 nitrogen and oxygen atoms in total. The minimum atomic E-state index is -1.95. The van der Waals surface area contributed by atoms with E-state index in [1.807, 2.05) is 38.1 Å². The van der Waals surface area contributed by atoms with Crippen LogP contribution >= 0.6 is 15.9 Å². The molecule has 1 atom stereocenters. The quantitative estimate of drug-likeness (QED) is 0.486. The molecule has 32 heavy (non-hydrogen) atoms. The zero-order valence-electron chi connectivity index (χ0n) is 18.2. The Morgan fingerprint density at radius 2 is 1.88 bits per heavy atom. The molecule has 1 amide bonds. The van der Waals surface area contributed by atoms with Gasteiger partial charge in [-0.15, -0.1) is 0 Å². The van der Waals surface area contributed by atoms with E-state index in [0.717, 1.165) is 21.2 Å². The van der Waals surface area contributed by atoms with Gasteiger partial charge in [0.05, 0.1) is 25.8 Å². The predicted octanol–water partition coefficient (Wildman–Crippen LogP) is 5.08. The van der Waals surface area contributed by atoms with Crippen LogP contribution < -0.4 is 9.64 Å². The third kappa shape index (κ3) is 3.96. The van der Waals surface area contributed by atoms with Crippen molar-refractivity contribution in [1.29, 1.82) is 0 Å². The highest BCUT2D eigenvalue weighted by molar-refractivity contribution is 9.10. The van der Waals surface area contributed by atoms with E-state index >= 15 is 0 Å². The van der Waals surface area contributed by atoms with Gasteiger partial charge in [-0.05, 0) is 55.3 Å². The number of nitrogens with zero attached hydrogens (tertiary/aromatic N) is 1. The van der Waals surface area contributed by atoms with Crippen molar-refractivity contribution in [3.63, 3.8) is 0 Å². The molecule has 0 saturated carbocycles. The summed E-state index contributed by atoms with van der Waals surface area (Å²) in [5.74, 6) is -0.290. The first-order chi connectivity index (χ1) is 15.2. The van der Waals surface area contributed by atoms with Crippen LogP contribution in [0.5, 0.6) is 5.75 Å². The summed E-state index contributed by atoms with van der Waals surface area (Å²) in [7, 11) is 1.52. The summed E-state index contributed by atoms with van der Waals surface area (Å²) < 4.78 is 5.93. The molecular weight excluding hydrogens is 470 g/mol. The number of rotatable bonds is 6. The van der Waals surface area contributed by atoms with Gasteiger partial charge in [-0.2, -0.15) is 0 Å². The Hall–Kier alpha value is -2.96. The van der Waals surface area contributed by atoms with Crippen LogP contribution in [-0.4, -0.2) is 23.9 Å². The molecule has 6 heteroatoms. The predicted molar refractivity (Wildman–Crippen MR) is 127 cm³/mol. The highest BCUT2D eigenvalue weighted by Crippen LogP contribution is 2.45. The molecule has 0 unspecified atom stereocenters. The second-order valence-corrected chi connectivity index (χ2v) is 9.09. The molecule has 0 saturated heterocycles. The van der Waals surface area contributed by atoms with Crippen molar-refractivity contribution in [2.45, 2.75) is 32.4 Å². The van der Waals surface area contributed by atoms with Gasteiger partial charge in [0, 0.05) is 15.6 Å². The Morgan fingerprint density at radius 1 is 1.09 bits per heavy atom. The first kappa shape index (κ1) is 22.2. The number of anilines is 1. The van der Waals surface area contributed by atoms with E-state index in [0.29, 0.717) is 29.1 Å². The topological polar surface area (TPSA) is 66.8 Å². The lowest BCUT2D eigenvalue weighted by Gasteiger charge is -2.23. The minimum Gasteiger partial charge on any atom is -0.497 e. The molecule has 3 aromatic rings. The Balaban J connectivity index is 1.72. The van der Waals surface area contributed by atoms with Crippen LogP contribution in [0.15, 0.2) is 65.1 Å². The number of aryl methyl sites for hydroxylation is 2. The molecule has 4 rings (SSSR count). The van der Waals surface area contributed by atoms with E-state index in [1.165, 1.54) is 7.11 Å². The molecule has 0 radical (unpaired) electrons. The maximum Gasteiger partial charge on any atom is 0.264 e. The van der Waals surface area contributed by atoms with E-state index in [1.54, 1.807) is 41.3 Å². The third-order valence-corrected chi connectivity index (χ3v) is 6.43. The zero-order valence-corrected chi connectivity index (χ0v) is 19.8. The van der Waals surface area contributed by atoms with Crippen molar-refractivity contribution in [3.05, 3.63) is 93.0 Å². The van der Waals surface area contributed by atoms with Gasteiger partial charge >= 0.3 is 0 Å². The van der Waals surface area contributed by atoms with Crippen molar-refractivity contribution in [1.82, 2.24) is 0 Å². The van der Waals surface area contributed by atoms with Gasteiger partial charge in [0.25, 0.3) is 5.91 Å². The summed E-state index contributed by atoms with van der Waals surface area (Å²) in [6.45, 7) is 4.32. The van der Waals surface area contributed by atoms with E-state index in [-0.39, 0.29) is 12.2 Å². The molecule has 0 bridgehead atoms. The number of methoxy groups -OCH3 is 1. The van der Waals surface area contributed by atoms with Gasteiger partial charge in [0.1, 0.15) is 5.75 Å². The van der Waals surface area contributed by atoms with E-state index < -0.39 is 11.5 Å². The fourth-order valence-electron chi connectivity index (χ4n) is 4.12. The molecule has 0 aromatic heterocycles. The lowest BCUT2D eigenvalue weighted by atomic mass is 9.88. The van der Waals surface area contributed by atoms with Crippen LogP contribution in [0.2, 0.25) is 0 Å². The van der Waals surface area contributed by atoms with Crippen molar-refractivity contribution in [3.8, 4) is 5.75 Å². The summed E-state index contributed by atoms with van der Waals surface area (Å²) in [5.41, 5.74) is 2.63. The van der Waals surface area contributed by atoms with E-state index in [2.05, 4.69) is 15.9 Å². The van der Waals surface area contributed by atoms with Gasteiger partial charge < -0.3 is 14.7 Å². The van der Waals surface area contributed by atoms with Crippen LogP contribution in [0.1, 0.15) is 39.0 Å². The zero-order chi connectivity index (χ0) is 23.0. The van der Waals surface area contributed by atoms with Gasteiger partial charge in [-0.1, -0.05) is 51.8 Å². The molecular formula is C26H24BrNO4. The lowest BCUT2D eigenvalue weighted by Crippen LogP contribution is -2.41. The van der Waals surface area contributed by atoms with Crippen LogP contribution in [-0.2, 0) is 16.9 Å². The molecule has 164 valence electrons. The summed E-state index contributed by atoms with van der Waals surface area (Å²) in [6.07, 6.45) is -0.355. The number of ketones is 1. The van der Waals surface area contributed by atoms with Crippen LogP contribution in [0.25, 0.3) is 0 Å². The van der Waals surface area contributed by atoms with Gasteiger partial charge in [-0.25, -0.2) is 0 Å². The first-order valence-corrected chi connectivity index (χ1v) is 11.1. The number of Topliss-reactive ketones (excluding diaryl/α,β-unsaturated/α-hetero) is 1. The molecule has 1 N–H and O–H groups in total. The summed E-state index contributed by atoms with van der Waals surface area (Å²) >= 11 is 3.43. The lowest BCUT2D eigenvalue weighted by molar-refractivity contribution is -0.136. The van der Waals surface area contributed by atoms with E-state index in [4.69, 9.17) is 4.74 Å².